The summed E-state index contributed by atoms with van der Waals surface area (Å²) in [6, 6.07) is 21.6. The van der Waals surface area contributed by atoms with E-state index in [1.165, 1.54) is 66.7 Å². The van der Waals surface area contributed by atoms with Gasteiger partial charge in [-0.1, -0.05) is 53.1 Å². The van der Waals surface area contributed by atoms with Crippen LogP contribution in [-0.4, -0.2) is 44.8 Å². The lowest BCUT2D eigenvalue weighted by molar-refractivity contribution is -0.138. The summed E-state index contributed by atoms with van der Waals surface area (Å²) in [6.07, 6.45) is 1.90. The van der Waals surface area contributed by atoms with Gasteiger partial charge in [0.15, 0.2) is 0 Å². The summed E-state index contributed by atoms with van der Waals surface area (Å²) in [7, 11) is 0. The van der Waals surface area contributed by atoms with Crippen LogP contribution >= 0.6 is 23.2 Å². The number of benzene rings is 4. The fourth-order valence-corrected chi connectivity index (χ4v) is 9.10. The highest BCUT2D eigenvalue weighted by atomic mass is 35.5. The van der Waals surface area contributed by atoms with E-state index in [2.05, 4.69) is 5.43 Å². The van der Waals surface area contributed by atoms with E-state index in [-0.39, 0.29) is 46.1 Å². The molecule has 2 aliphatic heterocycles. The molecule has 3 N–H and O–H groups in total. The molecule has 52 heavy (non-hydrogen) atoms. The third kappa shape index (κ3) is 4.94. The van der Waals surface area contributed by atoms with Gasteiger partial charge in [0.1, 0.15) is 11.6 Å². The average molecular weight is 741 g/mol. The number of aromatic carboxylic acids is 1. The first-order valence-electron chi connectivity index (χ1n) is 16.5. The van der Waals surface area contributed by atoms with Crippen LogP contribution in [0.15, 0.2) is 103 Å². The van der Waals surface area contributed by atoms with Crippen molar-refractivity contribution < 1.29 is 38.6 Å². The summed E-state index contributed by atoms with van der Waals surface area (Å²) in [6.45, 7) is 0. The van der Waals surface area contributed by atoms with Gasteiger partial charge in [-0.25, -0.2) is 9.18 Å². The molecule has 262 valence electrons. The first-order valence-corrected chi connectivity index (χ1v) is 17.2. The molecule has 0 aromatic heterocycles. The standard InChI is InChI=1S/C39H28Cl2FN3O7/c40-21-6-4-20(5-7-21)39-30(35(48)45(38(39)52)43-24-11-9-23(42)10-12-24)18-28-26(33(39)29-17-22(41)8-15-31(29)46)13-14-27-32(28)36(49)44(34(27)47)25-3-1-2-19(16-25)37(50)51/h1-13,15-17,27-28,30,32-33,43,46H,14,18H2,(H,50,51). The van der Waals surface area contributed by atoms with Gasteiger partial charge in [-0.05, 0) is 97.1 Å². The van der Waals surface area contributed by atoms with Crippen molar-refractivity contribution in [2.75, 3.05) is 10.3 Å². The van der Waals surface area contributed by atoms with E-state index in [1.807, 2.05) is 6.08 Å². The molecule has 2 aliphatic carbocycles. The quantitative estimate of drug-likeness (QED) is 0.146. The van der Waals surface area contributed by atoms with Gasteiger partial charge in [-0.15, -0.1) is 0 Å². The van der Waals surface area contributed by atoms with Crippen molar-refractivity contribution >= 4 is 64.2 Å². The number of phenolic OH excluding ortho intramolecular Hbond substituents is 1. The molecule has 0 spiro atoms. The fraction of sp³-hybridized carbons (Fsp3) is 0.205. The first kappa shape index (κ1) is 33.6. The fourth-order valence-electron chi connectivity index (χ4n) is 8.79. The number of carboxylic acids is 1. The predicted octanol–water partition coefficient (Wildman–Crippen LogP) is 6.73. The van der Waals surface area contributed by atoms with Crippen LogP contribution in [0, 0.1) is 29.5 Å². The van der Waals surface area contributed by atoms with Crippen molar-refractivity contribution in [2.24, 2.45) is 23.7 Å². The number of hydrazine groups is 1. The van der Waals surface area contributed by atoms with Crippen molar-refractivity contribution in [1.29, 1.82) is 0 Å². The Balaban J connectivity index is 1.32. The zero-order chi connectivity index (χ0) is 36.6. The van der Waals surface area contributed by atoms with Crippen molar-refractivity contribution in [3.05, 3.63) is 135 Å². The van der Waals surface area contributed by atoms with Gasteiger partial charge in [0.25, 0.3) is 11.8 Å². The molecule has 4 aliphatic rings. The lowest BCUT2D eigenvalue weighted by Crippen LogP contribution is -2.53. The van der Waals surface area contributed by atoms with E-state index in [9.17, 15) is 33.8 Å². The summed E-state index contributed by atoms with van der Waals surface area (Å²) in [5.41, 5.74) is 2.70. The highest BCUT2D eigenvalue weighted by molar-refractivity contribution is 6.31. The van der Waals surface area contributed by atoms with Crippen LogP contribution in [-0.2, 0) is 24.6 Å². The first-order chi connectivity index (χ1) is 24.9. The van der Waals surface area contributed by atoms with Crippen LogP contribution < -0.4 is 10.3 Å². The zero-order valence-corrected chi connectivity index (χ0v) is 28.5. The SMILES string of the molecule is O=C(O)c1cccc(N2C(=O)C3CC=C4C(CC5C(=O)N(Nc6ccc(F)cc6)C(=O)C5(c5ccc(Cl)cc5)C4c4cc(Cl)ccc4O)C3C2=O)c1. The summed E-state index contributed by atoms with van der Waals surface area (Å²) in [5.74, 6) is -9.00. The molecule has 2 saturated heterocycles. The molecule has 3 fully saturated rings. The number of rotatable bonds is 6. The number of nitrogens with one attached hydrogen (secondary N) is 1. The highest BCUT2D eigenvalue weighted by Gasteiger charge is 2.70. The van der Waals surface area contributed by atoms with Crippen molar-refractivity contribution in [2.45, 2.75) is 24.2 Å². The van der Waals surface area contributed by atoms with Gasteiger partial charge in [-0.2, -0.15) is 5.01 Å². The summed E-state index contributed by atoms with van der Waals surface area (Å²) < 4.78 is 13.8. The van der Waals surface area contributed by atoms with Gasteiger partial charge < -0.3 is 10.2 Å². The molecule has 1 saturated carbocycles. The number of fused-ring (bicyclic) bond motifs is 4. The van der Waals surface area contributed by atoms with Gasteiger partial charge in [0.2, 0.25) is 11.8 Å². The molecule has 4 aromatic carbocycles. The number of halogens is 3. The van der Waals surface area contributed by atoms with E-state index in [1.54, 1.807) is 24.3 Å². The minimum atomic E-state index is -1.70. The molecular weight excluding hydrogens is 712 g/mol. The molecule has 4 aromatic rings. The summed E-state index contributed by atoms with van der Waals surface area (Å²) in [4.78, 5) is 71.1. The van der Waals surface area contributed by atoms with Crippen LogP contribution in [0.3, 0.4) is 0 Å². The second-order valence-corrected chi connectivity index (χ2v) is 14.3. The Morgan fingerprint density at radius 2 is 1.56 bits per heavy atom. The Morgan fingerprint density at radius 3 is 2.27 bits per heavy atom. The van der Waals surface area contributed by atoms with Gasteiger partial charge in [-0.3, -0.25) is 29.5 Å². The van der Waals surface area contributed by atoms with Gasteiger partial charge in [0.05, 0.1) is 40.1 Å². The van der Waals surface area contributed by atoms with Gasteiger partial charge >= 0.3 is 5.97 Å². The van der Waals surface area contributed by atoms with Crippen molar-refractivity contribution in [3.63, 3.8) is 0 Å². The second-order valence-electron chi connectivity index (χ2n) is 13.4. The maximum absolute atomic E-state index is 15.2. The number of anilines is 2. The maximum Gasteiger partial charge on any atom is 0.335 e. The Bertz CT molecular complexity index is 2250. The Labute approximate surface area is 306 Å². The number of carbonyl (C=O) groups excluding carboxylic acids is 4. The van der Waals surface area contributed by atoms with E-state index >= 15 is 4.79 Å². The van der Waals surface area contributed by atoms with Crippen LogP contribution in [0.4, 0.5) is 15.8 Å². The molecular formula is C39H28Cl2FN3O7. The van der Waals surface area contributed by atoms with E-state index < -0.39 is 70.4 Å². The number of phenols is 1. The number of carbonyl (C=O) groups is 5. The van der Waals surface area contributed by atoms with Crippen LogP contribution in [0.2, 0.25) is 10.0 Å². The minimum Gasteiger partial charge on any atom is -0.508 e. The van der Waals surface area contributed by atoms with E-state index in [0.717, 1.165) is 9.91 Å². The molecule has 4 amide bonds. The summed E-state index contributed by atoms with van der Waals surface area (Å²) in [5, 5.41) is 22.6. The van der Waals surface area contributed by atoms with Gasteiger partial charge in [0, 0.05) is 21.5 Å². The number of hydrogen-bond acceptors (Lipinski definition) is 7. The predicted molar refractivity (Wildman–Crippen MR) is 188 cm³/mol. The van der Waals surface area contributed by atoms with E-state index in [4.69, 9.17) is 23.2 Å². The van der Waals surface area contributed by atoms with Crippen molar-refractivity contribution in [3.8, 4) is 5.75 Å². The molecule has 13 heteroatoms. The largest absolute Gasteiger partial charge is 0.508 e. The third-order valence-electron chi connectivity index (χ3n) is 10.9. The van der Waals surface area contributed by atoms with Crippen LogP contribution in [0.5, 0.6) is 5.75 Å². The van der Waals surface area contributed by atoms with E-state index in [0.29, 0.717) is 16.2 Å². The molecule has 10 nitrogen and oxygen atoms in total. The topological polar surface area (TPSA) is 144 Å². The normalized spacial score (nSPS) is 26.5. The molecule has 6 unspecified atom stereocenters. The monoisotopic (exact) mass is 739 g/mol. The van der Waals surface area contributed by atoms with Crippen LogP contribution in [0.25, 0.3) is 0 Å². The third-order valence-corrected chi connectivity index (χ3v) is 11.4. The highest BCUT2D eigenvalue weighted by Crippen LogP contribution is 2.65. The number of allylic oxidation sites excluding steroid dienone is 2. The molecule has 0 bridgehead atoms. The van der Waals surface area contributed by atoms with Crippen molar-refractivity contribution in [1.82, 2.24) is 5.01 Å². The second kappa shape index (κ2) is 12.3. The maximum atomic E-state index is 15.2. The number of hydrogen-bond donors (Lipinski definition) is 3. The number of nitrogens with zero attached hydrogens (tertiary/aromatic N) is 2. The van der Waals surface area contributed by atoms with Crippen LogP contribution in [0.1, 0.15) is 40.2 Å². The number of carboxylic acid groups (broad SMARTS) is 1. The lowest BCUT2D eigenvalue weighted by atomic mass is 9.49. The molecule has 8 rings (SSSR count). The Hall–Kier alpha value is -5.52. The number of imide groups is 2. The zero-order valence-electron chi connectivity index (χ0n) is 27.0. The molecule has 6 atom stereocenters. The minimum absolute atomic E-state index is 0.0261. The molecule has 0 radical (unpaired) electrons. The number of aromatic hydroxyl groups is 1. The Morgan fingerprint density at radius 1 is 0.846 bits per heavy atom. The molecule has 2 heterocycles. The smallest absolute Gasteiger partial charge is 0.335 e. The number of amides is 4. The lowest BCUT2D eigenvalue weighted by Gasteiger charge is -2.50. The Kier molecular flexibility index (Phi) is 7.96. The summed E-state index contributed by atoms with van der Waals surface area (Å²) >= 11 is 12.8. The average Bonchev–Trinajstić information content (AvgIpc) is 3.51.